The molecular formula is C20H28N4O6. The summed E-state index contributed by atoms with van der Waals surface area (Å²) in [5.41, 5.74) is 7.50. The Morgan fingerprint density at radius 3 is 2.47 bits per heavy atom. The van der Waals surface area contributed by atoms with Gasteiger partial charge in [-0.2, -0.15) is 0 Å². The molecule has 1 fully saturated rings. The zero-order valence-corrected chi connectivity index (χ0v) is 17.4. The number of hydrogen-bond acceptors (Lipinski definition) is 6. The van der Waals surface area contributed by atoms with Gasteiger partial charge in [-0.3, -0.25) is 19.9 Å². The summed E-state index contributed by atoms with van der Waals surface area (Å²) in [6, 6.07) is 8.33. The van der Waals surface area contributed by atoms with E-state index in [0.29, 0.717) is 24.4 Å². The summed E-state index contributed by atoms with van der Waals surface area (Å²) in [7, 11) is 0. The molecule has 10 nitrogen and oxygen atoms in total. The molecule has 0 aromatic heterocycles. The van der Waals surface area contributed by atoms with Crippen LogP contribution in [0.3, 0.4) is 0 Å². The molecular weight excluding hydrogens is 392 g/mol. The molecule has 1 saturated heterocycles. The molecule has 1 aromatic rings. The van der Waals surface area contributed by atoms with Gasteiger partial charge in [0.2, 0.25) is 5.91 Å². The number of carbonyl (C=O) groups excluding carboxylic acids is 4. The van der Waals surface area contributed by atoms with Gasteiger partial charge in [0, 0.05) is 6.54 Å². The van der Waals surface area contributed by atoms with Crippen molar-refractivity contribution in [2.45, 2.75) is 51.9 Å². The Kier molecular flexibility index (Phi) is 7.62. The average Bonchev–Trinajstić information content (AvgIpc) is 3.14. The maximum Gasteiger partial charge on any atom is 0.429 e. The maximum atomic E-state index is 12.7. The van der Waals surface area contributed by atoms with Crippen molar-refractivity contribution in [1.29, 1.82) is 0 Å². The number of rotatable bonds is 5. The quantitative estimate of drug-likeness (QED) is 0.695. The number of hydrogen-bond donors (Lipinski definition) is 2. The van der Waals surface area contributed by atoms with Gasteiger partial charge in [-0.1, -0.05) is 30.3 Å². The zero-order valence-electron chi connectivity index (χ0n) is 17.4. The highest BCUT2D eigenvalue weighted by Gasteiger charge is 2.37. The van der Waals surface area contributed by atoms with Crippen LogP contribution >= 0.6 is 0 Å². The van der Waals surface area contributed by atoms with E-state index < -0.39 is 42.2 Å². The fourth-order valence-corrected chi connectivity index (χ4v) is 2.89. The fraction of sp³-hybridized carbons (Fsp3) is 0.500. The average molecular weight is 420 g/mol. The number of likely N-dealkylation sites (tertiary alicyclic amines) is 1. The van der Waals surface area contributed by atoms with Crippen LogP contribution < -0.4 is 11.2 Å². The molecule has 164 valence electrons. The first-order chi connectivity index (χ1) is 14.1. The number of benzene rings is 1. The number of hydrazine groups is 1. The molecule has 30 heavy (non-hydrogen) atoms. The molecule has 1 aliphatic heterocycles. The lowest BCUT2D eigenvalue weighted by atomic mass is 10.2. The first-order valence-corrected chi connectivity index (χ1v) is 9.63. The highest BCUT2D eigenvalue weighted by atomic mass is 16.6. The molecule has 3 N–H and O–H groups in total. The second-order valence-electron chi connectivity index (χ2n) is 7.90. The summed E-state index contributed by atoms with van der Waals surface area (Å²) < 4.78 is 10.5. The standard InChI is InChI=1S/C20H28N4O6/c1-20(2,3)30-19(28)24(12-16(21)25)22-17(26)15-10-7-11-23(15)18(27)29-13-14-8-5-4-6-9-14/h4-6,8-9,15H,7,10-13H2,1-3H3,(H2,21,25)(H,22,26)/t15-/m0/s1. The van der Waals surface area contributed by atoms with E-state index in [2.05, 4.69) is 5.43 Å². The lowest BCUT2D eigenvalue weighted by Crippen LogP contribution is -2.56. The first-order valence-electron chi connectivity index (χ1n) is 9.63. The Morgan fingerprint density at radius 1 is 1.20 bits per heavy atom. The van der Waals surface area contributed by atoms with Gasteiger partial charge >= 0.3 is 12.2 Å². The van der Waals surface area contributed by atoms with E-state index in [9.17, 15) is 19.2 Å². The normalized spacial score (nSPS) is 16.0. The van der Waals surface area contributed by atoms with Gasteiger partial charge in [0.1, 0.15) is 24.8 Å². The van der Waals surface area contributed by atoms with Gasteiger partial charge in [-0.25, -0.2) is 14.6 Å². The van der Waals surface area contributed by atoms with Crippen molar-refractivity contribution in [3.63, 3.8) is 0 Å². The highest BCUT2D eigenvalue weighted by Crippen LogP contribution is 2.19. The molecule has 0 spiro atoms. The molecule has 1 aromatic carbocycles. The molecule has 0 aliphatic carbocycles. The van der Waals surface area contributed by atoms with Crippen LogP contribution in [-0.4, -0.2) is 58.6 Å². The van der Waals surface area contributed by atoms with Crippen LogP contribution in [0.4, 0.5) is 9.59 Å². The van der Waals surface area contributed by atoms with Crippen molar-refractivity contribution in [3.05, 3.63) is 35.9 Å². The third-order valence-corrected chi connectivity index (χ3v) is 4.17. The predicted molar refractivity (Wildman–Crippen MR) is 107 cm³/mol. The monoisotopic (exact) mass is 420 g/mol. The van der Waals surface area contributed by atoms with Crippen molar-refractivity contribution in [2.24, 2.45) is 5.73 Å². The molecule has 0 unspecified atom stereocenters. The van der Waals surface area contributed by atoms with Gasteiger partial charge < -0.3 is 15.2 Å². The van der Waals surface area contributed by atoms with Gasteiger partial charge in [0.25, 0.3) is 5.91 Å². The fourth-order valence-electron chi connectivity index (χ4n) is 2.89. The van der Waals surface area contributed by atoms with E-state index in [1.807, 2.05) is 30.3 Å². The van der Waals surface area contributed by atoms with Crippen LogP contribution in [0.2, 0.25) is 0 Å². The third-order valence-electron chi connectivity index (χ3n) is 4.17. The van der Waals surface area contributed by atoms with Crippen LogP contribution in [0.5, 0.6) is 0 Å². The molecule has 0 saturated carbocycles. The Hall–Kier alpha value is -3.30. The second-order valence-corrected chi connectivity index (χ2v) is 7.90. The Labute approximate surface area is 175 Å². The van der Waals surface area contributed by atoms with Crippen LogP contribution in [0.1, 0.15) is 39.2 Å². The lowest BCUT2D eigenvalue weighted by Gasteiger charge is -2.29. The largest absolute Gasteiger partial charge is 0.445 e. The van der Waals surface area contributed by atoms with E-state index in [4.69, 9.17) is 15.2 Å². The number of amides is 4. The summed E-state index contributed by atoms with van der Waals surface area (Å²) in [6.07, 6.45) is -0.563. The highest BCUT2D eigenvalue weighted by molar-refractivity contribution is 5.88. The number of carbonyl (C=O) groups is 4. The van der Waals surface area contributed by atoms with E-state index in [-0.39, 0.29) is 6.61 Å². The molecule has 0 radical (unpaired) electrons. The van der Waals surface area contributed by atoms with Crippen molar-refractivity contribution in [2.75, 3.05) is 13.1 Å². The van der Waals surface area contributed by atoms with Crippen LogP contribution in [0, 0.1) is 0 Å². The summed E-state index contributed by atoms with van der Waals surface area (Å²) in [5, 5.41) is 0.710. The Morgan fingerprint density at radius 2 is 1.87 bits per heavy atom. The number of ether oxygens (including phenoxy) is 2. The van der Waals surface area contributed by atoms with E-state index in [0.717, 1.165) is 5.56 Å². The maximum absolute atomic E-state index is 12.7. The summed E-state index contributed by atoms with van der Waals surface area (Å²) in [6.45, 7) is 4.81. The number of nitrogens with two attached hydrogens (primary N) is 1. The van der Waals surface area contributed by atoms with Crippen molar-refractivity contribution in [3.8, 4) is 0 Å². The van der Waals surface area contributed by atoms with E-state index in [1.165, 1.54) is 4.90 Å². The minimum Gasteiger partial charge on any atom is -0.445 e. The van der Waals surface area contributed by atoms with E-state index in [1.54, 1.807) is 20.8 Å². The Bertz CT molecular complexity index is 777. The first kappa shape index (κ1) is 23.0. The molecule has 1 aliphatic rings. The SMILES string of the molecule is CC(C)(C)OC(=O)N(CC(N)=O)NC(=O)[C@@H]1CCCN1C(=O)OCc1ccccc1. The lowest BCUT2D eigenvalue weighted by molar-refractivity contribution is -0.131. The number of nitrogens with zero attached hydrogens (tertiary/aromatic N) is 2. The molecule has 1 heterocycles. The number of primary amides is 1. The van der Waals surface area contributed by atoms with Crippen LogP contribution in [0.15, 0.2) is 30.3 Å². The molecule has 0 bridgehead atoms. The molecule has 4 amide bonds. The van der Waals surface area contributed by atoms with Crippen molar-refractivity contribution >= 4 is 24.0 Å². The van der Waals surface area contributed by atoms with Gasteiger partial charge in [-0.05, 0) is 39.2 Å². The van der Waals surface area contributed by atoms with Crippen LogP contribution in [0.25, 0.3) is 0 Å². The van der Waals surface area contributed by atoms with Crippen molar-refractivity contribution in [1.82, 2.24) is 15.3 Å². The molecule has 1 atom stereocenters. The minimum absolute atomic E-state index is 0.0796. The minimum atomic E-state index is -0.925. The second kappa shape index (κ2) is 9.95. The smallest absolute Gasteiger partial charge is 0.429 e. The third kappa shape index (κ3) is 6.94. The molecule has 2 rings (SSSR count). The Balaban J connectivity index is 2.00. The van der Waals surface area contributed by atoms with E-state index >= 15 is 0 Å². The van der Waals surface area contributed by atoms with Crippen molar-refractivity contribution < 1.29 is 28.7 Å². The van der Waals surface area contributed by atoms with Gasteiger partial charge in [-0.15, -0.1) is 0 Å². The summed E-state index contributed by atoms with van der Waals surface area (Å²) in [4.78, 5) is 50.1. The molecule has 10 heteroatoms. The topological polar surface area (TPSA) is 131 Å². The number of nitrogens with one attached hydrogen (secondary N) is 1. The van der Waals surface area contributed by atoms with Gasteiger partial charge in [0.05, 0.1) is 0 Å². The predicted octanol–water partition coefficient (Wildman–Crippen LogP) is 1.54. The summed E-state index contributed by atoms with van der Waals surface area (Å²) in [5.74, 6) is -1.46. The van der Waals surface area contributed by atoms with Gasteiger partial charge in [0.15, 0.2) is 0 Å². The van der Waals surface area contributed by atoms with Crippen LogP contribution in [-0.2, 0) is 25.7 Å². The summed E-state index contributed by atoms with van der Waals surface area (Å²) >= 11 is 0. The zero-order chi connectivity index (χ0) is 22.3.